The molecule has 1 heterocycles. The van der Waals surface area contributed by atoms with Crippen LogP contribution in [-0.4, -0.2) is 22.2 Å². The number of carbonyl (C=O) groups excluding carboxylic acids is 2. The van der Waals surface area contributed by atoms with Crippen LogP contribution in [0.15, 0.2) is 48.8 Å². The summed E-state index contributed by atoms with van der Waals surface area (Å²) >= 11 is 0. The second kappa shape index (κ2) is 16.8. The first kappa shape index (κ1) is 36.6. The van der Waals surface area contributed by atoms with Crippen LogP contribution in [-0.2, 0) is 16.6 Å². The molecule has 0 N–H and O–H groups in total. The van der Waals surface area contributed by atoms with E-state index in [1.807, 2.05) is 42.9 Å². The zero-order valence-corrected chi connectivity index (χ0v) is 30.1. The van der Waals surface area contributed by atoms with Crippen molar-refractivity contribution >= 4 is 11.6 Å². The van der Waals surface area contributed by atoms with Crippen LogP contribution in [0.25, 0.3) is 22.3 Å². The third-order valence-electron chi connectivity index (χ3n) is 11.0. The van der Waals surface area contributed by atoms with Gasteiger partial charge in [0.2, 0.25) is 0 Å². The number of carbonyl (C=O) groups is 2. The fraction of sp³-hybridized carbons (Fsp3) is 0.571. The highest BCUT2D eigenvalue weighted by molar-refractivity contribution is 5.87. The van der Waals surface area contributed by atoms with Gasteiger partial charge in [-0.25, -0.2) is 4.39 Å². The summed E-state index contributed by atoms with van der Waals surface area (Å²) in [7, 11) is 1.99. The number of rotatable bonds is 14. The molecule has 4 nitrogen and oxygen atoms in total. The van der Waals surface area contributed by atoms with Gasteiger partial charge in [0.1, 0.15) is 23.1 Å². The van der Waals surface area contributed by atoms with Crippen LogP contribution < -0.4 is 4.74 Å². The molecule has 2 saturated carbocycles. The predicted molar refractivity (Wildman–Crippen MR) is 199 cm³/mol. The maximum Gasteiger partial charge on any atom is 0.137 e. The van der Waals surface area contributed by atoms with Crippen LogP contribution in [0.5, 0.6) is 5.75 Å². The van der Waals surface area contributed by atoms with Gasteiger partial charge in [0.15, 0.2) is 0 Å². The second-order valence-corrected chi connectivity index (χ2v) is 14.5. The van der Waals surface area contributed by atoms with Crippen molar-refractivity contribution < 1.29 is 23.0 Å². The number of halogens is 1. The molecule has 5 rings (SSSR count). The maximum absolute atomic E-state index is 15.1. The van der Waals surface area contributed by atoms with Crippen LogP contribution in [0.1, 0.15) is 152 Å². The van der Waals surface area contributed by atoms with E-state index in [1.165, 1.54) is 38.5 Å². The van der Waals surface area contributed by atoms with Crippen LogP contribution in [0.3, 0.4) is 0 Å². The number of unbranched alkanes of at least 4 members (excludes halogenated alkanes) is 3. The minimum Gasteiger partial charge on any atom is -0.490 e. The summed E-state index contributed by atoms with van der Waals surface area (Å²) in [5.74, 6) is 1.29. The number of ketones is 2. The predicted octanol–water partition coefficient (Wildman–Crippen LogP) is 12.5. The molecule has 1 aromatic heterocycles. The molecule has 2 atom stereocenters. The van der Waals surface area contributed by atoms with E-state index in [4.69, 9.17) is 4.74 Å². The van der Waals surface area contributed by atoms with Crippen molar-refractivity contribution in [2.24, 2.45) is 12.5 Å². The van der Waals surface area contributed by atoms with Crippen LogP contribution in [0, 0.1) is 11.2 Å². The van der Waals surface area contributed by atoms with Crippen molar-refractivity contribution in [1.82, 2.24) is 4.57 Å². The molecule has 5 heteroatoms. The second-order valence-electron chi connectivity index (χ2n) is 14.5. The molecule has 0 bridgehead atoms. The first-order valence-corrected chi connectivity index (χ1v) is 18.3. The minimum absolute atomic E-state index is 0. The Balaban J connectivity index is 0.000000675. The summed E-state index contributed by atoms with van der Waals surface area (Å²) in [5, 5.41) is 0. The Morgan fingerprint density at radius 3 is 2.28 bits per heavy atom. The van der Waals surface area contributed by atoms with Gasteiger partial charge in [-0.1, -0.05) is 78.0 Å². The Kier molecular flexibility index (Phi) is 13.1. The summed E-state index contributed by atoms with van der Waals surface area (Å²) in [6.45, 7) is 11.7. The van der Waals surface area contributed by atoms with E-state index in [0.717, 1.165) is 84.1 Å². The van der Waals surface area contributed by atoms with E-state index in [1.54, 1.807) is 19.9 Å². The largest absolute Gasteiger partial charge is 0.490 e. The number of aryl methyl sites for hydroxylation is 1. The molecular weight excluding hydrogens is 585 g/mol. The lowest BCUT2D eigenvalue weighted by molar-refractivity contribution is -0.126. The Bertz CT molecular complexity index is 1510. The average molecular weight is 650 g/mol. The van der Waals surface area contributed by atoms with Crippen LogP contribution >= 0.6 is 0 Å². The first-order valence-electron chi connectivity index (χ1n) is 18.3. The molecule has 0 unspecified atom stereocenters. The van der Waals surface area contributed by atoms with Gasteiger partial charge in [-0.05, 0) is 112 Å². The topological polar surface area (TPSA) is 48.3 Å². The molecule has 3 aromatic rings. The molecular formula is C42H64FNO3. The molecule has 2 aromatic carbocycles. The van der Waals surface area contributed by atoms with Gasteiger partial charge in [-0.3, -0.25) is 9.59 Å². The first-order chi connectivity index (χ1) is 22.5. The number of ether oxygens (including phenoxy) is 1. The molecule has 47 heavy (non-hydrogen) atoms. The van der Waals surface area contributed by atoms with E-state index in [0.29, 0.717) is 5.78 Å². The fourth-order valence-corrected chi connectivity index (χ4v) is 7.03. The summed E-state index contributed by atoms with van der Waals surface area (Å²) < 4.78 is 23.7. The highest BCUT2D eigenvalue weighted by Crippen LogP contribution is 2.46. The molecule has 2 fully saturated rings. The number of nitrogens with zero attached hydrogens (tertiary/aromatic N) is 1. The highest BCUT2D eigenvalue weighted by atomic mass is 19.1. The van der Waals surface area contributed by atoms with Crippen molar-refractivity contribution in [3.63, 3.8) is 0 Å². The zero-order chi connectivity index (χ0) is 34.1. The van der Waals surface area contributed by atoms with Gasteiger partial charge in [-0.15, -0.1) is 0 Å². The SMILES string of the molecule is CC(=O)[C@@H](C)c1cn(C)cc1-c1ccc(OC2CCCC2)c(-c2cccc(F)c2C2CCC2)c1.CCCCCC[C@](C)(CC)C(C)=O.[HH].[HH].[HH]. The van der Waals surface area contributed by atoms with Gasteiger partial charge in [-0.2, -0.15) is 0 Å². The van der Waals surface area contributed by atoms with E-state index in [9.17, 15) is 9.59 Å². The number of aromatic nitrogens is 1. The fourth-order valence-electron chi connectivity index (χ4n) is 7.03. The Morgan fingerprint density at radius 2 is 1.68 bits per heavy atom. The third-order valence-corrected chi connectivity index (χ3v) is 11.0. The van der Waals surface area contributed by atoms with Gasteiger partial charge in [0.25, 0.3) is 0 Å². The number of hydrogen-bond acceptors (Lipinski definition) is 3. The molecule has 0 radical (unpaired) electrons. The summed E-state index contributed by atoms with van der Waals surface area (Å²) in [5.41, 5.74) is 5.76. The molecule has 2 aliphatic rings. The third kappa shape index (κ3) is 9.03. The number of benzene rings is 2. The Hall–Kier alpha value is -3.21. The number of hydrogen-bond donors (Lipinski definition) is 0. The highest BCUT2D eigenvalue weighted by Gasteiger charge is 2.29. The van der Waals surface area contributed by atoms with Crippen LogP contribution in [0.2, 0.25) is 0 Å². The monoisotopic (exact) mass is 649 g/mol. The van der Waals surface area contributed by atoms with Crippen molar-refractivity contribution in [3.05, 3.63) is 65.7 Å². The summed E-state index contributed by atoms with van der Waals surface area (Å²) in [6, 6.07) is 11.7. The summed E-state index contributed by atoms with van der Waals surface area (Å²) in [6.07, 6.45) is 19.2. The van der Waals surface area contributed by atoms with Gasteiger partial charge in [0.05, 0.1) is 6.10 Å². The van der Waals surface area contributed by atoms with Crippen molar-refractivity contribution in [2.75, 3.05) is 0 Å². The van der Waals surface area contributed by atoms with Crippen molar-refractivity contribution in [1.29, 1.82) is 0 Å². The lowest BCUT2D eigenvalue weighted by Crippen LogP contribution is -2.24. The van der Waals surface area contributed by atoms with E-state index < -0.39 is 0 Å². The van der Waals surface area contributed by atoms with E-state index >= 15 is 4.39 Å². The van der Waals surface area contributed by atoms with E-state index in [-0.39, 0.29) is 39.2 Å². The average Bonchev–Trinajstić information content (AvgIpc) is 3.69. The molecule has 262 valence electrons. The lowest BCUT2D eigenvalue weighted by Gasteiger charge is -2.29. The number of Topliss-reactive ketones (excluding diaryl/α,β-unsaturated/α-hetero) is 2. The molecule has 0 aliphatic heterocycles. The van der Waals surface area contributed by atoms with Crippen molar-refractivity contribution in [2.45, 2.75) is 143 Å². The van der Waals surface area contributed by atoms with Crippen molar-refractivity contribution in [3.8, 4) is 28.0 Å². The molecule has 0 saturated heterocycles. The minimum atomic E-state index is -0.186. The zero-order valence-electron chi connectivity index (χ0n) is 30.1. The van der Waals surface area contributed by atoms with Gasteiger partial charge in [0, 0.05) is 46.2 Å². The Labute approximate surface area is 288 Å². The van der Waals surface area contributed by atoms with E-state index in [2.05, 4.69) is 39.1 Å². The summed E-state index contributed by atoms with van der Waals surface area (Å²) in [4.78, 5) is 23.6. The quantitative estimate of drug-likeness (QED) is 0.163. The maximum atomic E-state index is 15.1. The lowest BCUT2D eigenvalue weighted by atomic mass is 9.76. The Morgan fingerprint density at radius 1 is 0.957 bits per heavy atom. The molecule has 0 amide bonds. The smallest absolute Gasteiger partial charge is 0.137 e. The van der Waals surface area contributed by atoms with Gasteiger partial charge < -0.3 is 9.30 Å². The molecule has 2 aliphatic carbocycles. The normalized spacial score (nSPS) is 16.9. The van der Waals surface area contributed by atoms with Crippen LogP contribution in [0.4, 0.5) is 4.39 Å². The molecule has 0 spiro atoms. The van der Waals surface area contributed by atoms with Gasteiger partial charge >= 0.3 is 0 Å². The standard InChI is InChI=1S/C30H34FNO2.C12H24O.3H2/c1-19(20(2)33)26-17-32(3)18-27(26)22-14-15-29(34-23-10-4-5-11-23)25(16-22)24-12-7-13-28(31)30(24)21-8-6-9-21;1-5-7-8-9-10-12(4,6-2)11(3)13;;;/h7,12-19,21,23H,4-6,8-11H2,1-3H3;5-10H2,1-4H3;3*1H/t19-;12-;;;/m10.../s1.